The van der Waals surface area contributed by atoms with Crippen LogP contribution in [0.15, 0.2) is 5.10 Å². The molecule has 0 spiro atoms. The molecule has 1 rings (SSSR count). The summed E-state index contributed by atoms with van der Waals surface area (Å²) in [5.74, 6) is -4.95. The molecule has 0 aromatic heterocycles. The molecule has 1 unspecified atom stereocenters. The van der Waals surface area contributed by atoms with Gasteiger partial charge in [-0.2, -0.15) is 27.1 Å². The Labute approximate surface area is 99.9 Å². The molecule has 0 amide bonds. The zero-order valence-corrected chi connectivity index (χ0v) is 9.64. The number of hydrogen-bond acceptors (Lipinski definition) is 3. The number of halogens is 6. The normalized spacial score (nSPS) is 21.5. The first-order chi connectivity index (χ1) is 7.71. The fourth-order valence-electron chi connectivity index (χ4n) is 1.36. The molecule has 1 aliphatic heterocycles. The smallest absolute Gasteiger partial charge is 0.265 e. The van der Waals surface area contributed by atoms with Gasteiger partial charge in [0, 0.05) is 18.3 Å². The molecule has 1 atom stereocenters. The highest BCUT2D eigenvalue weighted by molar-refractivity contribution is 6.19. The Bertz CT molecular complexity index is 293. The molecule has 3 nitrogen and oxygen atoms in total. The number of hydrazone groups is 1. The van der Waals surface area contributed by atoms with Crippen molar-refractivity contribution in [2.24, 2.45) is 5.10 Å². The van der Waals surface area contributed by atoms with Gasteiger partial charge in [0.15, 0.2) is 0 Å². The van der Waals surface area contributed by atoms with Crippen LogP contribution in [0, 0.1) is 0 Å². The zero-order chi connectivity index (χ0) is 13.3. The fourth-order valence-corrected chi connectivity index (χ4v) is 1.62. The maximum atomic E-state index is 13.2. The van der Waals surface area contributed by atoms with Gasteiger partial charge in [-0.15, -0.1) is 0 Å². The van der Waals surface area contributed by atoms with E-state index in [4.69, 9.17) is 11.8 Å². The van der Waals surface area contributed by atoms with Crippen LogP contribution in [-0.2, 0) is 0 Å². The number of hydrogen-bond donors (Lipinski definition) is 0. The van der Waals surface area contributed by atoms with Gasteiger partial charge in [0.05, 0.1) is 0 Å². The molecule has 0 N–H and O–H groups in total. The van der Waals surface area contributed by atoms with Crippen LogP contribution in [0.5, 0.6) is 0 Å². The van der Waals surface area contributed by atoms with Crippen molar-refractivity contribution < 1.29 is 22.0 Å². The number of alkyl halides is 5. The summed E-state index contributed by atoms with van der Waals surface area (Å²) in [7, 11) is 0. The van der Waals surface area contributed by atoms with Crippen molar-refractivity contribution in [2.45, 2.75) is 38.0 Å². The molecular formula is C8H11ClF5N3. The Morgan fingerprint density at radius 3 is 2.35 bits per heavy atom. The van der Waals surface area contributed by atoms with E-state index < -0.39 is 18.3 Å². The molecule has 0 saturated heterocycles. The fraction of sp³-hybridized carbons (Fsp3) is 0.875. The van der Waals surface area contributed by atoms with Crippen LogP contribution in [0.2, 0.25) is 0 Å². The SMILES string of the molecule is CCCCN1N=CN(Cl)C1C(F)(F)C(F)(F)F. The van der Waals surface area contributed by atoms with Crippen molar-refractivity contribution in [1.29, 1.82) is 0 Å². The average Bonchev–Trinajstić information content (AvgIpc) is 2.55. The summed E-state index contributed by atoms with van der Waals surface area (Å²) in [6.07, 6.45) is -6.13. The van der Waals surface area contributed by atoms with E-state index in [1.807, 2.05) is 0 Å². The number of nitrogens with zero attached hydrogens (tertiary/aromatic N) is 3. The van der Waals surface area contributed by atoms with Gasteiger partial charge < -0.3 is 0 Å². The second-order valence-corrected chi connectivity index (χ2v) is 3.98. The van der Waals surface area contributed by atoms with Crippen LogP contribution < -0.4 is 0 Å². The quantitative estimate of drug-likeness (QED) is 0.582. The van der Waals surface area contributed by atoms with Crippen molar-refractivity contribution in [2.75, 3.05) is 6.54 Å². The van der Waals surface area contributed by atoms with Gasteiger partial charge in [-0.25, -0.2) is 4.42 Å². The lowest BCUT2D eigenvalue weighted by molar-refractivity contribution is -0.310. The van der Waals surface area contributed by atoms with Gasteiger partial charge in [0.1, 0.15) is 6.34 Å². The Morgan fingerprint density at radius 1 is 1.29 bits per heavy atom. The van der Waals surface area contributed by atoms with Gasteiger partial charge in [-0.3, -0.25) is 5.01 Å². The third-order valence-electron chi connectivity index (χ3n) is 2.27. The highest BCUT2D eigenvalue weighted by Crippen LogP contribution is 2.42. The van der Waals surface area contributed by atoms with Gasteiger partial charge >= 0.3 is 12.1 Å². The van der Waals surface area contributed by atoms with Gasteiger partial charge in [-0.1, -0.05) is 13.3 Å². The van der Waals surface area contributed by atoms with Crippen molar-refractivity contribution in [3.8, 4) is 0 Å². The van der Waals surface area contributed by atoms with Crippen molar-refractivity contribution >= 4 is 18.1 Å². The van der Waals surface area contributed by atoms with E-state index in [1.54, 1.807) is 6.92 Å². The molecule has 0 radical (unpaired) electrons. The topological polar surface area (TPSA) is 18.8 Å². The Morgan fingerprint density at radius 2 is 1.88 bits per heavy atom. The second-order valence-electron chi connectivity index (χ2n) is 3.59. The number of rotatable bonds is 4. The van der Waals surface area contributed by atoms with E-state index in [9.17, 15) is 22.0 Å². The van der Waals surface area contributed by atoms with E-state index in [2.05, 4.69) is 5.10 Å². The lowest BCUT2D eigenvalue weighted by Gasteiger charge is -2.33. The molecule has 17 heavy (non-hydrogen) atoms. The van der Waals surface area contributed by atoms with Gasteiger partial charge in [0.2, 0.25) is 6.17 Å². The minimum Gasteiger partial charge on any atom is -0.265 e. The molecule has 0 aromatic carbocycles. The van der Waals surface area contributed by atoms with Crippen LogP contribution >= 0.6 is 11.8 Å². The van der Waals surface area contributed by atoms with Crippen LogP contribution in [0.1, 0.15) is 19.8 Å². The molecule has 0 fully saturated rings. The van der Waals surface area contributed by atoms with E-state index >= 15 is 0 Å². The van der Waals surface area contributed by atoms with Gasteiger partial charge in [0.25, 0.3) is 0 Å². The summed E-state index contributed by atoms with van der Waals surface area (Å²) in [5.41, 5.74) is 0. The van der Waals surface area contributed by atoms with E-state index in [0.717, 1.165) is 6.34 Å². The predicted octanol–water partition coefficient (Wildman–Crippen LogP) is 3.02. The third-order valence-corrected chi connectivity index (χ3v) is 2.54. The van der Waals surface area contributed by atoms with E-state index in [0.29, 0.717) is 17.9 Å². The van der Waals surface area contributed by atoms with E-state index in [-0.39, 0.29) is 11.0 Å². The zero-order valence-electron chi connectivity index (χ0n) is 8.89. The van der Waals surface area contributed by atoms with Gasteiger partial charge in [-0.05, 0) is 6.42 Å². The van der Waals surface area contributed by atoms with Crippen LogP contribution in [0.3, 0.4) is 0 Å². The lowest BCUT2D eigenvalue weighted by atomic mass is 10.2. The molecule has 9 heteroatoms. The monoisotopic (exact) mass is 279 g/mol. The third kappa shape index (κ3) is 2.72. The van der Waals surface area contributed by atoms with E-state index in [1.165, 1.54) is 0 Å². The standard InChI is InChI=1S/C8H11ClF5N3/c1-2-3-4-17-6(16(9)5-15-17)7(10,11)8(12,13)14/h5-6H,2-4H2,1H3. The van der Waals surface area contributed by atoms with Crippen molar-refractivity contribution in [3.63, 3.8) is 0 Å². The first kappa shape index (κ1) is 14.3. The summed E-state index contributed by atoms with van der Waals surface area (Å²) < 4.78 is 63.3. The maximum absolute atomic E-state index is 13.2. The Kier molecular flexibility index (Phi) is 4.06. The predicted molar refractivity (Wildman–Crippen MR) is 52.6 cm³/mol. The molecular weight excluding hydrogens is 269 g/mol. The maximum Gasteiger partial charge on any atom is 0.457 e. The summed E-state index contributed by atoms with van der Waals surface area (Å²) in [5, 5.41) is 4.09. The summed E-state index contributed by atoms with van der Waals surface area (Å²) >= 11 is 5.30. The number of unbranched alkanes of at least 4 members (excludes halogenated alkanes) is 1. The second kappa shape index (κ2) is 4.83. The molecule has 0 aliphatic carbocycles. The van der Waals surface area contributed by atoms with Crippen molar-refractivity contribution in [3.05, 3.63) is 0 Å². The Hall–Kier alpha value is -0.790. The molecule has 0 aromatic rings. The summed E-state index contributed by atoms with van der Waals surface area (Å²) in [6.45, 7) is 1.78. The molecule has 1 heterocycles. The molecule has 0 bridgehead atoms. The summed E-state index contributed by atoms with van der Waals surface area (Å²) in [4.78, 5) is 0. The van der Waals surface area contributed by atoms with Crippen LogP contribution in [0.4, 0.5) is 22.0 Å². The van der Waals surface area contributed by atoms with Crippen LogP contribution in [-0.4, -0.2) is 40.6 Å². The lowest BCUT2D eigenvalue weighted by Crippen LogP contribution is -2.57. The molecule has 100 valence electrons. The Balaban J connectivity index is 2.86. The first-order valence-corrected chi connectivity index (χ1v) is 5.25. The summed E-state index contributed by atoms with van der Waals surface area (Å²) in [6, 6.07) is 0. The minimum absolute atomic E-state index is 0.00738. The minimum atomic E-state index is -5.66. The molecule has 0 saturated carbocycles. The average molecular weight is 280 g/mol. The highest BCUT2D eigenvalue weighted by Gasteiger charge is 2.66. The van der Waals surface area contributed by atoms with Crippen LogP contribution in [0.25, 0.3) is 0 Å². The molecule has 1 aliphatic rings. The van der Waals surface area contributed by atoms with Crippen molar-refractivity contribution in [1.82, 2.24) is 9.43 Å². The first-order valence-electron chi connectivity index (χ1n) is 4.91. The highest BCUT2D eigenvalue weighted by atomic mass is 35.5. The largest absolute Gasteiger partial charge is 0.457 e.